The van der Waals surface area contributed by atoms with Crippen LogP contribution in [0.25, 0.3) is 5.76 Å². The van der Waals surface area contributed by atoms with Crippen LogP contribution in [0.1, 0.15) is 29.7 Å². The second kappa shape index (κ2) is 10.1. The molecule has 36 heavy (non-hydrogen) atoms. The van der Waals surface area contributed by atoms with E-state index in [-0.39, 0.29) is 16.7 Å². The minimum absolute atomic E-state index is 0.135. The number of carbonyl (C=O) groups is 2. The smallest absolute Gasteiger partial charge is 0.300 e. The highest BCUT2D eigenvalue weighted by atomic mass is 19.1. The molecule has 0 aliphatic carbocycles. The first-order valence-corrected chi connectivity index (χ1v) is 11.3. The van der Waals surface area contributed by atoms with Crippen molar-refractivity contribution < 1.29 is 33.3 Å². The van der Waals surface area contributed by atoms with Gasteiger partial charge in [-0.15, -0.1) is 0 Å². The molecule has 1 atom stereocenters. The highest BCUT2D eigenvalue weighted by molar-refractivity contribution is 6.52. The van der Waals surface area contributed by atoms with Crippen LogP contribution in [0, 0.1) is 12.7 Å². The van der Waals surface area contributed by atoms with Crippen molar-refractivity contribution >= 4 is 23.1 Å². The van der Waals surface area contributed by atoms with Crippen LogP contribution in [0.4, 0.5) is 10.1 Å². The van der Waals surface area contributed by atoms with Gasteiger partial charge in [-0.3, -0.25) is 14.5 Å². The largest absolute Gasteiger partial charge is 0.507 e. The average Bonchev–Trinajstić information content (AvgIpc) is 3.15. The number of ketones is 1. The summed E-state index contributed by atoms with van der Waals surface area (Å²) in [5, 5.41) is 11.3. The molecule has 1 fully saturated rings. The number of aliphatic hydroxyl groups is 1. The van der Waals surface area contributed by atoms with Crippen molar-refractivity contribution in [2.24, 2.45) is 0 Å². The summed E-state index contributed by atoms with van der Waals surface area (Å²) in [6, 6.07) is 14.8. The molecule has 1 saturated heterocycles. The number of hydrogen-bond acceptors (Lipinski definition) is 6. The van der Waals surface area contributed by atoms with E-state index in [1.54, 1.807) is 49.4 Å². The number of Topliss-reactive ketones (excluding diaryl/α,β-unsaturated/α-hetero) is 1. The van der Waals surface area contributed by atoms with E-state index in [9.17, 15) is 19.1 Å². The van der Waals surface area contributed by atoms with E-state index in [4.69, 9.17) is 14.2 Å². The summed E-state index contributed by atoms with van der Waals surface area (Å²) >= 11 is 0. The number of ether oxygens (including phenoxy) is 3. The molecule has 3 aromatic rings. The Labute approximate surface area is 208 Å². The van der Waals surface area contributed by atoms with Gasteiger partial charge in [0.2, 0.25) is 0 Å². The zero-order valence-electron chi connectivity index (χ0n) is 20.4. The summed E-state index contributed by atoms with van der Waals surface area (Å²) in [7, 11) is 2.97. The van der Waals surface area contributed by atoms with Crippen LogP contribution >= 0.6 is 0 Å². The molecule has 1 N–H and O–H groups in total. The van der Waals surface area contributed by atoms with Crippen LogP contribution in [0.15, 0.2) is 66.2 Å². The maximum Gasteiger partial charge on any atom is 0.300 e. The van der Waals surface area contributed by atoms with Gasteiger partial charge in [-0.2, -0.15) is 0 Å². The summed E-state index contributed by atoms with van der Waals surface area (Å²) in [4.78, 5) is 28.1. The number of amides is 1. The average molecular weight is 492 g/mol. The first kappa shape index (κ1) is 24.8. The van der Waals surface area contributed by atoms with Crippen molar-refractivity contribution in [2.75, 3.05) is 25.7 Å². The van der Waals surface area contributed by atoms with E-state index in [1.165, 1.54) is 37.3 Å². The van der Waals surface area contributed by atoms with Crippen molar-refractivity contribution in [3.63, 3.8) is 0 Å². The normalized spacial score (nSPS) is 16.8. The van der Waals surface area contributed by atoms with Crippen molar-refractivity contribution in [1.29, 1.82) is 0 Å². The summed E-state index contributed by atoms with van der Waals surface area (Å²) < 4.78 is 30.5. The fraction of sp³-hybridized carbons (Fsp3) is 0.214. The Morgan fingerprint density at radius 2 is 1.69 bits per heavy atom. The summed E-state index contributed by atoms with van der Waals surface area (Å²) in [5.74, 6) is -1.30. The van der Waals surface area contributed by atoms with Gasteiger partial charge in [0.15, 0.2) is 11.5 Å². The zero-order chi connectivity index (χ0) is 26.0. The molecule has 0 radical (unpaired) electrons. The second-order valence-electron chi connectivity index (χ2n) is 8.15. The van der Waals surface area contributed by atoms with Crippen LogP contribution in [0.5, 0.6) is 17.2 Å². The SMILES string of the molecule is CCOc1cc(C2/C(=C(/O)c3ccc(F)c(C)c3)C(=O)C(=O)N2c2ccccc2OC)ccc1OC. The highest BCUT2D eigenvalue weighted by Crippen LogP contribution is 2.46. The molecule has 1 aliphatic rings. The molecule has 1 aliphatic heterocycles. The Morgan fingerprint density at radius 3 is 2.36 bits per heavy atom. The first-order chi connectivity index (χ1) is 17.3. The van der Waals surface area contributed by atoms with Gasteiger partial charge in [0, 0.05) is 5.56 Å². The molecule has 0 aromatic heterocycles. The Bertz CT molecular complexity index is 1370. The summed E-state index contributed by atoms with van der Waals surface area (Å²) in [6.07, 6.45) is 0. The van der Waals surface area contributed by atoms with E-state index in [1.807, 2.05) is 6.92 Å². The van der Waals surface area contributed by atoms with Gasteiger partial charge >= 0.3 is 0 Å². The van der Waals surface area contributed by atoms with Gasteiger partial charge in [-0.05, 0) is 67.4 Å². The maximum absolute atomic E-state index is 13.9. The third kappa shape index (κ3) is 4.26. The fourth-order valence-electron chi connectivity index (χ4n) is 4.30. The summed E-state index contributed by atoms with van der Waals surface area (Å²) in [5.41, 5.74) is 1.23. The molecular formula is C28H26FNO6. The van der Waals surface area contributed by atoms with E-state index in [0.29, 0.717) is 35.1 Å². The van der Waals surface area contributed by atoms with Crippen LogP contribution in [0.2, 0.25) is 0 Å². The molecule has 0 saturated carbocycles. The molecular weight excluding hydrogens is 465 g/mol. The zero-order valence-corrected chi connectivity index (χ0v) is 20.4. The Hall–Kier alpha value is -4.33. The van der Waals surface area contributed by atoms with Crippen LogP contribution < -0.4 is 19.1 Å². The minimum Gasteiger partial charge on any atom is -0.507 e. The van der Waals surface area contributed by atoms with Crippen LogP contribution in [-0.2, 0) is 9.59 Å². The Kier molecular flexibility index (Phi) is 6.96. The summed E-state index contributed by atoms with van der Waals surface area (Å²) in [6.45, 7) is 3.74. The van der Waals surface area contributed by atoms with Gasteiger partial charge < -0.3 is 19.3 Å². The third-order valence-electron chi connectivity index (χ3n) is 6.02. The number of halogens is 1. The standard InChI is InChI=1S/C28H26FNO6/c1-5-36-23-15-17(11-13-22(23)35-4)25-24(26(31)18-10-12-19(29)16(2)14-18)27(32)28(33)30(25)20-8-6-7-9-21(20)34-3/h6-15,25,31H,5H2,1-4H3/b26-24-. The molecule has 186 valence electrons. The molecule has 1 unspecified atom stereocenters. The van der Waals surface area contributed by atoms with Crippen molar-refractivity contribution in [3.8, 4) is 17.2 Å². The first-order valence-electron chi connectivity index (χ1n) is 11.3. The second-order valence-corrected chi connectivity index (χ2v) is 8.15. The lowest BCUT2D eigenvalue weighted by atomic mass is 9.94. The molecule has 4 rings (SSSR count). The molecule has 3 aromatic carbocycles. The van der Waals surface area contributed by atoms with Crippen molar-refractivity contribution in [1.82, 2.24) is 0 Å². The lowest BCUT2D eigenvalue weighted by Gasteiger charge is -2.27. The quantitative estimate of drug-likeness (QED) is 0.279. The van der Waals surface area contributed by atoms with E-state index >= 15 is 0 Å². The number of aryl methyl sites for hydroxylation is 1. The van der Waals surface area contributed by atoms with Gasteiger partial charge in [0.25, 0.3) is 11.7 Å². The molecule has 1 amide bonds. The fourth-order valence-corrected chi connectivity index (χ4v) is 4.30. The molecule has 0 bridgehead atoms. The number of rotatable bonds is 7. The van der Waals surface area contributed by atoms with Gasteiger partial charge in [0.1, 0.15) is 17.3 Å². The third-order valence-corrected chi connectivity index (χ3v) is 6.02. The topological polar surface area (TPSA) is 85.3 Å². The number of aliphatic hydroxyl groups excluding tert-OH is 1. The number of anilines is 1. The monoisotopic (exact) mass is 491 g/mol. The molecule has 1 heterocycles. The number of carbonyl (C=O) groups excluding carboxylic acids is 2. The maximum atomic E-state index is 13.9. The van der Waals surface area contributed by atoms with Gasteiger partial charge in [-0.25, -0.2) is 4.39 Å². The predicted molar refractivity (Wildman–Crippen MR) is 133 cm³/mol. The van der Waals surface area contributed by atoms with Gasteiger partial charge in [-0.1, -0.05) is 18.2 Å². The Morgan fingerprint density at radius 1 is 0.972 bits per heavy atom. The van der Waals surface area contributed by atoms with Crippen molar-refractivity contribution in [2.45, 2.75) is 19.9 Å². The lowest BCUT2D eigenvalue weighted by molar-refractivity contribution is -0.132. The lowest BCUT2D eigenvalue weighted by Crippen LogP contribution is -2.29. The number of benzene rings is 3. The number of para-hydroxylation sites is 2. The predicted octanol–water partition coefficient (Wildman–Crippen LogP) is 5.18. The van der Waals surface area contributed by atoms with E-state index in [2.05, 4.69) is 0 Å². The number of nitrogens with zero attached hydrogens (tertiary/aromatic N) is 1. The van der Waals surface area contributed by atoms with Crippen LogP contribution in [-0.4, -0.2) is 37.6 Å². The van der Waals surface area contributed by atoms with Gasteiger partial charge in [0.05, 0.1) is 38.1 Å². The molecule has 7 nitrogen and oxygen atoms in total. The van der Waals surface area contributed by atoms with E-state index in [0.717, 1.165) is 0 Å². The number of methoxy groups -OCH3 is 2. The molecule has 8 heteroatoms. The number of hydrogen-bond donors (Lipinski definition) is 1. The molecule has 0 spiro atoms. The Balaban J connectivity index is 2.00. The van der Waals surface area contributed by atoms with E-state index < -0.39 is 29.3 Å². The van der Waals surface area contributed by atoms with Crippen molar-refractivity contribution in [3.05, 3.63) is 88.7 Å². The highest BCUT2D eigenvalue weighted by Gasteiger charge is 2.48. The van der Waals surface area contributed by atoms with Crippen LogP contribution in [0.3, 0.4) is 0 Å². The minimum atomic E-state index is -1.02.